The monoisotopic (exact) mass is 261 g/mol. The molecule has 2 fully saturated rings. The van der Waals surface area contributed by atoms with Crippen LogP contribution >= 0.6 is 0 Å². The summed E-state index contributed by atoms with van der Waals surface area (Å²) in [6.45, 7) is 3.36. The summed E-state index contributed by atoms with van der Waals surface area (Å²) < 4.78 is 6.41. The second-order valence-corrected chi connectivity index (χ2v) is 6.42. The van der Waals surface area contributed by atoms with E-state index in [4.69, 9.17) is 4.74 Å². The fourth-order valence-electron chi connectivity index (χ4n) is 3.73. The van der Waals surface area contributed by atoms with Crippen molar-refractivity contribution in [2.75, 3.05) is 6.54 Å². The molecule has 3 rings (SSSR count). The van der Waals surface area contributed by atoms with Crippen LogP contribution in [0.1, 0.15) is 58.3 Å². The van der Waals surface area contributed by atoms with E-state index >= 15 is 0 Å². The highest BCUT2D eigenvalue weighted by Gasteiger charge is 2.30. The van der Waals surface area contributed by atoms with Crippen LogP contribution in [0.3, 0.4) is 0 Å². The van der Waals surface area contributed by atoms with Gasteiger partial charge in [-0.05, 0) is 58.1 Å². The van der Waals surface area contributed by atoms with Gasteiger partial charge in [0.05, 0.1) is 6.10 Å². The van der Waals surface area contributed by atoms with E-state index in [0.29, 0.717) is 18.1 Å². The number of rotatable bonds is 2. The molecule has 1 aliphatic heterocycles. The molecule has 0 aromatic rings. The van der Waals surface area contributed by atoms with E-state index < -0.39 is 0 Å². The first-order valence-corrected chi connectivity index (χ1v) is 8.13. The van der Waals surface area contributed by atoms with Crippen LogP contribution in [-0.4, -0.2) is 18.7 Å². The largest absolute Gasteiger partial charge is 0.494 e. The zero-order valence-electron chi connectivity index (χ0n) is 12.2. The van der Waals surface area contributed by atoms with Gasteiger partial charge in [0, 0.05) is 12.0 Å². The quantitative estimate of drug-likeness (QED) is 0.813. The molecule has 0 aromatic carbocycles. The summed E-state index contributed by atoms with van der Waals surface area (Å²) in [5.41, 5.74) is 1.36. The fraction of sp³-hybridized carbons (Fsp3) is 0.765. The molecule has 3 aliphatic rings. The molecule has 0 amide bonds. The van der Waals surface area contributed by atoms with Gasteiger partial charge in [-0.2, -0.15) is 0 Å². The van der Waals surface area contributed by atoms with E-state index in [1.165, 1.54) is 62.7 Å². The fourth-order valence-corrected chi connectivity index (χ4v) is 3.73. The summed E-state index contributed by atoms with van der Waals surface area (Å²) in [4.78, 5) is 0. The van der Waals surface area contributed by atoms with Gasteiger partial charge in [-0.1, -0.05) is 24.5 Å². The van der Waals surface area contributed by atoms with Gasteiger partial charge in [0.1, 0.15) is 5.76 Å². The highest BCUT2D eigenvalue weighted by molar-refractivity contribution is 5.29. The normalized spacial score (nSPS) is 32.9. The second-order valence-electron chi connectivity index (χ2n) is 6.42. The molecule has 0 aromatic heterocycles. The van der Waals surface area contributed by atoms with Crippen LogP contribution in [0, 0.1) is 5.92 Å². The van der Waals surface area contributed by atoms with Crippen LogP contribution in [0.2, 0.25) is 0 Å². The van der Waals surface area contributed by atoms with Gasteiger partial charge in [-0.25, -0.2) is 0 Å². The maximum absolute atomic E-state index is 6.41. The first-order valence-electron chi connectivity index (χ1n) is 8.13. The summed E-state index contributed by atoms with van der Waals surface area (Å²) in [5.74, 6) is 1.85. The molecule has 2 unspecified atom stereocenters. The highest BCUT2D eigenvalue weighted by Crippen LogP contribution is 2.34. The number of hydrogen-bond acceptors (Lipinski definition) is 2. The Bertz CT molecular complexity index is 365. The Morgan fingerprint density at radius 1 is 1.05 bits per heavy atom. The molecule has 0 bridgehead atoms. The Kier molecular flexibility index (Phi) is 4.27. The van der Waals surface area contributed by atoms with Gasteiger partial charge < -0.3 is 10.1 Å². The number of nitrogens with one attached hydrogen (secondary N) is 1. The lowest BCUT2D eigenvalue weighted by Gasteiger charge is -2.33. The molecule has 1 saturated carbocycles. The third-order valence-corrected chi connectivity index (χ3v) is 4.79. The third kappa shape index (κ3) is 3.22. The Labute approximate surface area is 117 Å². The molecule has 2 nitrogen and oxygen atoms in total. The van der Waals surface area contributed by atoms with Crippen molar-refractivity contribution < 1.29 is 4.74 Å². The van der Waals surface area contributed by atoms with Crippen molar-refractivity contribution in [3.63, 3.8) is 0 Å². The lowest BCUT2D eigenvalue weighted by molar-refractivity contribution is 0.0582. The van der Waals surface area contributed by atoms with E-state index in [0.717, 1.165) is 6.54 Å². The Balaban J connectivity index is 1.71. The van der Waals surface area contributed by atoms with Crippen molar-refractivity contribution >= 4 is 0 Å². The van der Waals surface area contributed by atoms with E-state index in [1.807, 2.05) is 0 Å². The zero-order valence-corrected chi connectivity index (χ0v) is 12.2. The predicted molar refractivity (Wildman–Crippen MR) is 78.9 cm³/mol. The van der Waals surface area contributed by atoms with Gasteiger partial charge in [0.15, 0.2) is 0 Å². The molecule has 1 saturated heterocycles. The minimum atomic E-state index is 0.481. The molecule has 2 atom stereocenters. The Hall–Kier alpha value is -0.760. The standard InChI is InChI=1S/C17H27NO/c1-13-11-16-15(9-5-6-10-18-16)17(12-13)19-14-7-3-2-4-8-14/h11-12,14-16,18H,2-10H2,1H3. The number of ether oxygens (including phenoxy) is 1. The number of fused-ring (bicyclic) bond motifs is 1. The first kappa shape index (κ1) is 13.2. The Morgan fingerprint density at radius 2 is 1.84 bits per heavy atom. The third-order valence-electron chi connectivity index (χ3n) is 4.79. The van der Waals surface area contributed by atoms with Gasteiger partial charge in [0.25, 0.3) is 0 Å². The van der Waals surface area contributed by atoms with Crippen LogP contribution in [0.25, 0.3) is 0 Å². The van der Waals surface area contributed by atoms with Gasteiger partial charge in [-0.15, -0.1) is 0 Å². The first-order chi connectivity index (χ1) is 9.33. The highest BCUT2D eigenvalue weighted by atomic mass is 16.5. The van der Waals surface area contributed by atoms with E-state index in [2.05, 4.69) is 24.4 Å². The van der Waals surface area contributed by atoms with Crippen LogP contribution in [-0.2, 0) is 4.74 Å². The Morgan fingerprint density at radius 3 is 2.68 bits per heavy atom. The minimum Gasteiger partial charge on any atom is -0.494 e. The van der Waals surface area contributed by atoms with E-state index in [1.54, 1.807) is 0 Å². The molecule has 1 heterocycles. The van der Waals surface area contributed by atoms with Crippen molar-refractivity contribution in [2.24, 2.45) is 5.92 Å². The smallest absolute Gasteiger partial charge is 0.102 e. The average Bonchev–Trinajstić information content (AvgIpc) is 2.65. The van der Waals surface area contributed by atoms with Crippen molar-refractivity contribution in [3.05, 3.63) is 23.5 Å². The molecule has 0 spiro atoms. The maximum Gasteiger partial charge on any atom is 0.102 e. The minimum absolute atomic E-state index is 0.481. The lowest BCUT2D eigenvalue weighted by Crippen LogP contribution is -2.37. The number of hydrogen-bond donors (Lipinski definition) is 1. The van der Waals surface area contributed by atoms with E-state index in [-0.39, 0.29) is 0 Å². The van der Waals surface area contributed by atoms with Crippen LogP contribution < -0.4 is 5.32 Å². The molecule has 2 heteroatoms. The van der Waals surface area contributed by atoms with Crippen LogP contribution in [0.5, 0.6) is 0 Å². The van der Waals surface area contributed by atoms with Crippen molar-refractivity contribution in [2.45, 2.75) is 70.4 Å². The molecule has 2 aliphatic carbocycles. The molecule has 106 valence electrons. The van der Waals surface area contributed by atoms with Gasteiger partial charge in [-0.3, -0.25) is 0 Å². The SMILES string of the molecule is CC1=CC2NCCCCC2C(OC2CCCCC2)=C1. The number of allylic oxidation sites excluding steroid dienone is 2. The summed E-state index contributed by atoms with van der Waals surface area (Å²) >= 11 is 0. The van der Waals surface area contributed by atoms with Gasteiger partial charge in [0.2, 0.25) is 0 Å². The lowest BCUT2D eigenvalue weighted by atomic mass is 9.87. The zero-order chi connectivity index (χ0) is 13.1. The molecule has 19 heavy (non-hydrogen) atoms. The topological polar surface area (TPSA) is 21.3 Å². The summed E-state index contributed by atoms with van der Waals surface area (Å²) in [6, 6.07) is 0.506. The van der Waals surface area contributed by atoms with Crippen LogP contribution in [0.4, 0.5) is 0 Å². The van der Waals surface area contributed by atoms with Gasteiger partial charge >= 0.3 is 0 Å². The summed E-state index contributed by atoms with van der Waals surface area (Å²) in [6.07, 6.45) is 15.7. The second kappa shape index (κ2) is 6.13. The van der Waals surface area contributed by atoms with Crippen molar-refractivity contribution in [3.8, 4) is 0 Å². The molecular weight excluding hydrogens is 234 g/mol. The van der Waals surface area contributed by atoms with Crippen molar-refractivity contribution in [1.29, 1.82) is 0 Å². The summed E-state index contributed by atoms with van der Waals surface area (Å²) in [5, 5.41) is 3.68. The average molecular weight is 261 g/mol. The summed E-state index contributed by atoms with van der Waals surface area (Å²) in [7, 11) is 0. The molecular formula is C17H27NO. The molecule has 1 N–H and O–H groups in total. The molecule has 0 radical (unpaired) electrons. The maximum atomic E-state index is 6.41. The van der Waals surface area contributed by atoms with Crippen LogP contribution in [0.15, 0.2) is 23.5 Å². The predicted octanol–water partition coefficient (Wildman–Crippen LogP) is 3.94. The van der Waals surface area contributed by atoms with E-state index in [9.17, 15) is 0 Å². The van der Waals surface area contributed by atoms with Crippen molar-refractivity contribution in [1.82, 2.24) is 5.32 Å².